The van der Waals surface area contributed by atoms with Crippen LogP contribution in [0, 0.1) is 0 Å². The van der Waals surface area contributed by atoms with Gasteiger partial charge in [0.15, 0.2) is 5.58 Å². The molecule has 1 aliphatic heterocycles. The van der Waals surface area contributed by atoms with Crippen LogP contribution in [0.3, 0.4) is 0 Å². The minimum atomic E-state index is -4.06. The van der Waals surface area contributed by atoms with Gasteiger partial charge < -0.3 is 9.32 Å². The van der Waals surface area contributed by atoms with Gasteiger partial charge in [0, 0.05) is 30.7 Å². The molecule has 1 N–H and O–H groups in total. The van der Waals surface area contributed by atoms with E-state index in [0.29, 0.717) is 5.52 Å². The van der Waals surface area contributed by atoms with Gasteiger partial charge in [-0.25, -0.2) is 18.2 Å². The topological polar surface area (TPSA) is 110 Å². The van der Waals surface area contributed by atoms with Crippen LogP contribution < -0.4 is 10.5 Å². The number of nitrogens with zero attached hydrogens (tertiary/aromatic N) is 4. The third-order valence-electron chi connectivity index (χ3n) is 6.10. The van der Waals surface area contributed by atoms with E-state index in [1.807, 2.05) is 25.1 Å². The Morgan fingerprint density at radius 1 is 1.26 bits per heavy atom. The number of benzene rings is 2. The van der Waals surface area contributed by atoms with Gasteiger partial charge in [0.05, 0.1) is 16.6 Å². The zero-order chi connectivity index (χ0) is 24.7. The fourth-order valence-corrected chi connectivity index (χ4v) is 6.50. The van der Waals surface area contributed by atoms with Gasteiger partial charge in [-0.15, -0.1) is 0 Å². The maximum absolute atomic E-state index is 13.0. The van der Waals surface area contributed by atoms with E-state index in [9.17, 15) is 13.2 Å². The molecule has 0 fully saturated rings. The molecule has 0 saturated carbocycles. The lowest BCUT2D eigenvalue weighted by Gasteiger charge is -2.25. The molecule has 0 bridgehead atoms. The van der Waals surface area contributed by atoms with Crippen LogP contribution in [0.25, 0.3) is 16.7 Å². The second-order valence-electron chi connectivity index (χ2n) is 8.35. The average Bonchev–Trinajstić information content (AvgIpc) is 3.44. The molecule has 182 valence electrons. The summed E-state index contributed by atoms with van der Waals surface area (Å²) in [7, 11) is -1.98. The summed E-state index contributed by atoms with van der Waals surface area (Å²) < 4.78 is 38.8. The quantitative estimate of drug-likeness (QED) is 0.396. The third-order valence-corrected chi connectivity index (χ3v) is 8.61. The highest BCUT2D eigenvalue weighted by Gasteiger charge is 2.26. The van der Waals surface area contributed by atoms with Crippen molar-refractivity contribution in [2.45, 2.75) is 24.3 Å². The van der Waals surface area contributed by atoms with Crippen LogP contribution in [-0.2, 0) is 10.0 Å². The molecule has 35 heavy (non-hydrogen) atoms. The second-order valence-corrected chi connectivity index (χ2v) is 11.2. The predicted octanol–water partition coefficient (Wildman–Crippen LogP) is 4.23. The number of sulfonamides is 1. The Labute approximate surface area is 210 Å². The number of rotatable bonds is 6. The summed E-state index contributed by atoms with van der Waals surface area (Å²) in [6.07, 6.45) is 4.37. The predicted molar refractivity (Wildman–Crippen MR) is 137 cm³/mol. The molecule has 3 heterocycles. The Morgan fingerprint density at radius 3 is 2.77 bits per heavy atom. The smallest absolute Gasteiger partial charge is 0.408 e. The lowest BCUT2D eigenvalue weighted by molar-refractivity contribution is 0.370. The molecule has 2 aromatic heterocycles. The lowest BCUT2D eigenvalue weighted by Crippen LogP contribution is -2.24. The number of hydrogen-bond donors (Lipinski definition) is 1. The molecule has 1 aliphatic rings. The molecule has 5 rings (SSSR count). The first kappa shape index (κ1) is 23.7. The molecule has 4 aromatic rings. The van der Waals surface area contributed by atoms with E-state index in [4.69, 9.17) is 16.0 Å². The second kappa shape index (κ2) is 9.23. The van der Waals surface area contributed by atoms with E-state index in [0.717, 1.165) is 42.2 Å². The zero-order valence-electron chi connectivity index (χ0n) is 18.9. The molecule has 0 aliphatic carbocycles. The van der Waals surface area contributed by atoms with Crippen molar-refractivity contribution in [1.29, 1.82) is 0 Å². The molecule has 0 spiro atoms. The number of hydrogen-bond acceptors (Lipinski definition) is 8. The monoisotopic (exact) mass is 531 g/mol. The Kier molecular flexibility index (Phi) is 6.26. The molecule has 12 heteroatoms. The SMILES string of the molecule is C[C@H](c1ccccc1C1=CCN(C)CC1)n1c(=O)oc2cc(S(=O)(=O)Nc3ncns3)c(Cl)cc21. The number of anilines is 1. The lowest BCUT2D eigenvalue weighted by atomic mass is 9.92. The first-order chi connectivity index (χ1) is 16.7. The Hall–Kier alpha value is -2.99. The standard InChI is InChI=1S/C23H22ClN5O4S2/c1-14(16-5-3-4-6-17(16)15-7-9-28(2)10-8-15)29-19-11-18(24)21(12-20(19)33-23(29)30)35(31,32)27-22-25-13-26-34-22/h3-7,11-14H,8-10H2,1-2H3,(H,25,26,27)/t14-/m1/s1. The fourth-order valence-electron chi connectivity index (χ4n) is 4.30. The van der Waals surface area contributed by atoms with Crippen LogP contribution in [0.15, 0.2) is 62.9 Å². The highest BCUT2D eigenvalue weighted by Crippen LogP contribution is 2.34. The maximum Gasteiger partial charge on any atom is 0.420 e. The van der Waals surface area contributed by atoms with E-state index < -0.39 is 15.8 Å². The van der Waals surface area contributed by atoms with Gasteiger partial charge in [-0.3, -0.25) is 9.29 Å². The third kappa shape index (κ3) is 4.52. The van der Waals surface area contributed by atoms with Crippen molar-refractivity contribution in [1.82, 2.24) is 18.8 Å². The fraction of sp³-hybridized carbons (Fsp3) is 0.261. The van der Waals surface area contributed by atoms with Crippen molar-refractivity contribution < 1.29 is 12.8 Å². The van der Waals surface area contributed by atoms with E-state index in [2.05, 4.69) is 38.2 Å². The van der Waals surface area contributed by atoms with Gasteiger partial charge in [0.25, 0.3) is 10.0 Å². The summed E-state index contributed by atoms with van der Waals surface area (Å²) in [5.41, 5.74) is 3.83. The minimum absolute atomic E-state index is 0.0393. The summed E-state index contributed by atoms with van der Waals surface area (Å²) >= 11 is 7.30. The molecule has 0 radical (unpaired) electrons. The molecule has 9 nitrogen and oxygen atoms in total. The van der Waals surface area contributed by atoms with Crippen molar-refractivity contribution in [3.8, 4) is 0 Å². The molecule has 0 saturated heterocycles. The minimum Gasteiger partial charge on any atom is -0.408 e. The number of halogens is 1. The van der Waals surface area contributed by atoms with Crippen molar-refractivity contribution >= 4 is 55.0 Å². The highest BCUT2D eigenvalue weighted by molar-refractivity contribution is 7.93. The van der Waals surface area contributed by atoms with Crippen LogP contribution in [0.1, 0.15) is 30.5 Å². The molecule has 1 atom stereocenters. The summed E-state index contributed by atoms with van der Waals surface area (Å²) in [5.74, 6) is -0.595. The van der Waals surface area contributed by atoms with Gasteiger partial charge in [-0.1, -0.05) is 41.9 Å². The first-order valence-electron chi connectivity index (χ1n) is 10.9. The molecular weight excluding hydrogens is 510 g/mol. The van der Waals surface area contributed by atoms with E-state index in [-0.39, 0.29) is 26.7 Å². The number of likely N-dealkylation sites (N-methyl/N-ethyl adjacent to an activating group) is 1. The summed E-state index contributed by atoms with van der Waals surface area (Å²) in [6.45, 7) is 3.74. The zero-order valence-corrected chi connectivity index (χ0v) is 21.3. The van der Waals surface area contributed by atoms with Crippen LogP contribution in [-0.4, -0.2) is 47.4 Å². The average molecular weight is 532 g/mol. The van der Waals surface area contributed by atoms with Crippen molar-refractivity contribution in [3.05, 3.63) is 75.5 Å². The van der Waals surface area contributed by atoms with E-state index >= 15 is 0 Å². The normalized spacial score (nSPS) is 15.8. The Bertz CT molecular complexity index is 1590. The largest absolute Gasteiger partial charge is 0.420 e. The van der Waals surface area contributed by atoms with Crippen LogP contribution in [0.5, 0.6) is 0 Å². The van der Waals surface area contributed by atoms with Gasteiger partial charge >= 0.3 is 5.76 Å². The molecule has 2 aromatic carbocycles. The van der Waals surface area contributed by atoms with E-state index in [1.54, 1.807) is 0 Å². The Morgan fingerprint density at radius 2 is 2.06 bits per heavy atom. The van der Waals surface area contributed by atoms with Crippen molar-refractivity contribution in [2.24, 2.45) is 0 Å². The van der Waals surface area contributed by atoms with Crippen molar-refractivity contribution in [3.63, 3.8) is 0 Å². The maximum atomic E-state index is 13.0. The van der Waals surface area contributed by atoms with Gasteiger partial charge in [-0.05, 0) is 43.2 Å². The van der Waals surface area contributed by atoms with Crippen LogP contribution in [0.2, 0.25) is 5.02 Å². The number of nitrogens with one attached hydrogen (secondary N) is 1. The van der Waals surface area contributed by atoms with Crippen molar-refractivity contribution in [2.75, 3.05) is 24.9 Å². The summed E-state index contributed by atoms with van der Waals surface area (Å²) in [6, 6.07) is 10.3. The van der Waals surface area contributed by atoms with Crippen LogP contribution in [0.4, 0.5) is 5.13 Å². The van der Waals surface area contributed by atoms with E-state index in [1.165, 1.54) is 28.6 Å². The Balaban J connectivity index is 1.57. The summed E-state index contributed by atoms with van der Waals surface area (Å²) in [5, 5.41) is 0.0659. The molecule has 0 amide bonds. The van der Waals surface area contributed by atoms with Gasteiger partial charge in [0.1, 0.15) is 11.2 Å². The number of aromatic nitrogens is 3. The first-order valence-corrected chi connectivity index (χ1v) is 13.5. The van der Waals surface area contributed by atoms with Gasteiger partial charge in [-0.2, -0.15) is 4.37 Å². The van der Waals surface area contributed by atoms with Crippen LogP contribution >= 0.6 is 23.1 Å². The number of fused-ring (bicyclic) bond motifs is 1. The molecular formula is C23H22ClN5O4S2. The molecule has 0 unspecified atom stereocenters. The highest BCUT2D eigenvalue weighted by atomic mass is 35.5. The van der Waals surface area contributed by atoms with Gasteiger partial charge in [0.2, 0.25) is 5.13 Å². The summed E-state index contributed by atoms with van der Waals surface area (Å²) in [4.78, 5) is 18.8. The number of oxazole rings is 1.